The molecule has 2 atom stereocenters. The zero-order valence-corrected chi connectivity index (χ0v) is 12.8. The van der Waals surface area contributed by atoms with Gasteiger partial charge < -0.3 is 5.32 Å². The second-order valence-corrected chi connectivity index (χ2v) is 5.49. The molecule has 20 heavy (non-hydrogen) atoms. The molecule has 106 valence electrons. The van der Waals surface area contributed by atoms with Gasteiger partial charge in [-0.1, -0.05) is 68.4 Å². The lowest BCUT2D eigenvalue weighted by Gasteiger charge is -2.27. The van der Waals surface area contributed by atoms with E-state index in [0.717, 1.165) is 13.0 Å². The van der Waals surface area contributed by atoms with Crippen molar-refractivity contribution >= 4 is 0 Å². The minimum atomic E-state index is 0.374. The van der Waals surface area contributed by atoms with Gasteiger partial charge in [0, 0.05) is 12.0 Å². The second-order valence-electron chi connectivity index (χ2n) is 5.49. The fourth-order valence-electron chi connectivity index (χ4n) is 2.74. The zero-order valence-electron chi connectivity index (χ0n) is 12.8. The second kappa shape index (κ2) is 7.25. The van der Waals surface area contributed by atoms with Crippen molar-refractivity contribution in [3.63, 3.8) is 0 Å². The summed E-state index contributed by atoms with van der Waals surface area (Å²) >= 11 is 0. The normalized spacial score (nSPS) is 13.9. The maximum Gasteiger partial charge on any atom is 0.0389 e. The molecule has 0 aromatic heterocycles. The van der Waals surface area contributed by atoms with Crippen LogP contribution in [0.3, 0.4) is 0 Å². The van der Waals surface area contributed by atoms with Crippen LogP contribution in [0.4, 0.5) is 0 Å². The lowest BCUT2D eigenvalue weighted by molar-refractivity contribution is 0.464. The van der Waals surface area contributed by atoms with Crippen molar-refractivity contribution in [3.05, 3.63) is 71.3 Å². The summed E-state index contributed by atoms with van der Waals surface area (Å²) in [5.41, 5.74) is 4.17. The fraction of sp³-hybridized carbons (Fsp3) is 0.368. The SMILES string of the molecule is CCCNC(c1ccccc1C)C(C)c1ccccc1. The quantitative estimate of drug-likeness (QED) is 0.789. The smallest absolute Gasteiger partial charge is 0.0389 e. The molecule has 0 aliphatic rings. The van der Waals surface area contributed by atoms with E-state index in [1.165, 1.54) is 16.7 Å². The predicted octanol–water partition coefficient (Wildman–Crippen LogP) is 4.84. The molecule has 1 heteroatoms. The van der Waals surface area contributed by atoms with Crippen molar-refractivity contribution in [2.24, 2.45) is 0 Å². The average Bonchev–Trinajstić information content (AvgIpc) is 2.50. The first-order valence-corrected chi connectivity index (χ1v) is 7.58. The average molecular weight is 267 g/mol. The Morgan fingerprint density at radius 2 is 1.60 bits per heavy atom. The molecular formula is C19H25N. The predicted molar refractivity (Wildman–Crippen MR) is 87.1 cm³/mol. The maximum atomic E-state index is 3.72. The van der Waals surface area contributed by atoms with Crippen LogP contribution in [0.1, 0.15) is 48.9 Å². The van der Waals surface area contributed by atoms with Gasteiger partial charge in [0.2, 0.25) is 0 Å². The van der Waals surface area contributed by atoms with Crippen molar-refractivity contribution in [1.82, 2.24) is 5.32 Å². The molecule has 0 saturated carbocycles. The van der Waals surface area contributed by atoms with Gasteiger partial charge in [-0.2, -0.15) is 0 Å². The van der Waals surface area contributed by atoms with E-state index in [1.54, 1.807) is 0 Å². The van der Waals surface area contributed by atoms with E-state index in [4.69, 9.17) is 0 Å². The molecule has 0 radical (unpaired) electrons. The Morgan fingerprint density at radius 1 is 0.950 bits per heavy atom. The van der Waals surface area contributed by atoms with Crippen LogP contribution < -0.4 is 5.32 Å². The van der Waals surface area contributed by atoms with Gasteiger partial charge in [-0.25, -0.2) is 0 Å². The van der Waals surface area contributed by atoms with Crippen molar-refractivity contribution in [2.75, 3.05) is 6.54 Å². The Balaban J connectivity index is 2.30. The molecule has 0 fully saturated rings. The van der Waals surface area contributed by atoms with Crippen molar-refractivity contribution in [3.8, 4) is 0 Å². The van der Waals surface area contributed by atoms with Crippen LogP contribution in [-0.4, -0.2) is 6.54 Å². The summed E-state index contributed by atoms with van der Waals surface area (Å²) in [6.45, 7) is 7.79. The van der Waals surface area contributed by atoms with Crippen LogP contribution in [0.5, 0.6) is 0 Å². The van der Waals surface area contributed by atoms with E-state index in [2.05, 4.69) is 80.7 Å². The molecule has 2 unspecified atom stereocenters. The summed E-state index contributed by atoms with van der Waals surface area (Å²) in [4.78, 5) is 0. The van der Waals surface area contributed by atoms with Crippen LogP contribution in [-0.2, 0) is 0 Å². The number of hydrogen-bond acceptors (Lipinski definition) is 1. The van der Waals surface area contributed by atoms with Crippen LogP contribution in [0.2, 0.25) is 0 Å². The summed E-state index contributed by atoms with van der Waals surface area (Å²) in [6, 6.07) is 19.9. The highest BCUT2D eigenvalue weighted by Gasteiger charge is 2.21. The van der Waals surface area contributed by atoms with Gasteiger partial charge in [-0.15, -0.1) is 0 Å². The Morgan fingerprint density at radius 3 is 2.25 bits per heavy atom. The standard InChI is InChI=1S/C19H25N/c1-4-14-20-19(18-13-9-8-10-15(18)2)16(3)17-11-6-5-7-12-17/h5-13,16,19-20H,4,14H2,1-3H3. The Hall–Kier alpha value is -1.60. The minimum absolute atomic E-state index is 0.374. The monoisotopic (exact) mass is 267 g/mol. The van der Waals surface area contributed by atoms with Gasteiger partial charge in [-0.05, 0) is 36.6 Å². The molecule has 0 spiro atoms. The van der Waals surface area contributed by atoms with Crippen LogP contribution in [0.15, 0.2) is 54.6 Å². The molecule has 0 bridgehead atoms. The van der Waals surface area contributed by atoms with Gasteiger partial charge in [0.15, 0.2) is 0 Å². The van der Waals surface area contributed by atoms with Crippen LogP contribution >= 0.6 is 0 Å². The molecule has 0 aliphatic carbocycles. The summed E-state index contributed by atoms with van der Waals surface area (Å²) in [5.74, 6) is 0.462. The minimum Gasteiger partial charge on any atom is -0.309 e. The summed E-state index contributed by atoms with van der Waals surface area (Å²) in [7, 11) is 0. The van der Waals surface area contributed by atoms with Crippen LogP contribution in [0.25, 0.3) is 0 Å². The Kier molecular flexibility index (Phi) is 5.37. The number of hydrogen-bond donors (Lipinski definition) is 1. The first kappa shape index (κ1) is 14.8. The van der Waals surface area contributed by atoms with E-state index in [9.17, 15) is 0 Å². The molecular weight excluding hydrogens is 242 g/mol. The molecule has 2 aromatic carbocycles. The molecule has 1 N–H and O–H groups in total. The van der Waals surface area contributed by atoms with E-state index in [-0.39, 0.29) is 0 Å². The summed E-state index contributed by atoms with van der Waals surface area (Å²) < 4.78 is 0. The highest BCUT2D eigenvalue weighted by Crippen LogP contribution is 2.32. The van der Waals surface area contributed by atoms with Gasteiger partial charge in [0.1, 0.15) is 0 Å². The third-order valence-corrected chi connectivity index (χ3v) is 3.96. The fourth-order valence-corrected chi connectivity index (χ4v) is 2.74. The number of nitrogens with one attached hydrogen (secondary N) is 1. The largest absolute Gasteiger partial charge is 0.309 e. The zero-order chi connectivity index (χ0) is 14.4. The van der Waals surface area contributed by atoms with Crippen molar-refractivity contribution in [2.45, 2.75) is 39.2 Å². The summed E-state index contributed by atoms with van der Waals surface area (Å²) in [6.07, 6.45) is 1.16. The molecule has 2 aromatic rings. The molecule has 0 saturated heterocycles. The number of rotatable bonds is 6. The molecule has 1 nitrogen and oxygen atoms in total. The highest BCUT2D eigenvalue weighted by atomic mass is 14.9. The van der Waals surface area contributed by atoms with Gasteiger partial charge in [0.05, 0.1) is 0 Å². The molecule has 0 aliphatic heterocycles. The lowest BCUT2D eigenvalue weighted by Crippen LogP contribution is -2.27. The first-order valence-electron chi connectivity index (χ1n) is 7.58. The van der Waals surface area contributed by atoms with Crippen LogP contribution in [0, 0.1) is 6.92 Å². The number of aryl methyl sites for hydroxylation is 1. The number of benzene rings is 2. The van der Waals surface area contributed by atoms with Crippen molar-refractivity contribution in [1.29, 1.82) is 0 Å². The third kappa shape index (κ3) is 3.49. The van der Waals surface area contributed by atoms with Gasteiger partial charge in [0.25, 0.3) is 0 Å². The van der Waals surface area contributed by atoms with E-state index in [1.807, 2.05) is 0 Å². The molecule has 0 heterocycles. The maximum absolute atomic E-state index is 3.72. The van der Waals surface area contributed by atoms with E-state index >= 15 is 0 Å². The first-order chi connectivity index (χ1) is 9.74. The van der Waals surface area contributed by atoms with Crippen molar-refractivity contribution < 1.29 is 0 Å². The third-order valence-electron chi connectivity index (χ3n) is 3.96. The Bertz CT molecular complexity index is 518. The van der Waals surface area contributed by atoms with E-state index < -0.39 is 0 Å². The van der Waals surface area contributed by atoms with Gasteiger partial charge in [-0.3, -0.25) is 0 Å². The highest BCUT2D eigenvalue weighted by molar-refractivity contribution is 5.33. The van der Waals surface area contributed by atoms with E-state index in [0.29, 0.717) is 12.0 Å². The lowest BCUT2D eigenvalue weighted by atomic mass is 9.86. The summed E-state index contributed by atoms with van der Waals surface area (Å²) in [5, 5.41) is 3.72. The molecule has 2 rings (SSSR count). The molecule has 0 amide bonds. The van der Waals surface area contributed by atoms with Gasteiger partial charge >= 0.3 is 0 Å². The Labute approximate surface area is 123 Å². The topological polar surface area (TPSA) is 12.0 Å².